The Bertz CT molecular complexity index is 5270. The second-order valence-electron chi connectivity index (χ2n) is 24.0. The number of nitrogens with zero attached hydrogens (tertiary/aromatic N) is 2. The summed E-state index contributed by atoms with van der Waals surface area (Å²) in [5.41, 5.74) is 25.0. The number of aromatic nitrogens is 2. The first-order valence-corrected chi connectivity index (χ1v) is 30.5. The molecule has 18 rings (SSSR count). The van der Waals surface area contributed by atoms with Gasteiger partial charge in [0.1, 0.15) is 0 Å². The maximum absolute atomic E-state index is 2.51. The van der Waals surface area contributed by atoms with Gasteiger partial charge in [-0.2, -0.15) is 0 Å². The van der Waals surface area contributed by atoms with Gasteiger partial charge < -0.3 is 9.13 Å². The van der Waals surface area contributed by atoms with Gasteiger partial charge in [-0.15, -0.1) is 0 Å². The van der Waals surface area contributed by atoms with Crippen LogP contribution in [0.4, 0.5) is 0 Å². The highest BCUT2D eigenvalue weighted by Gasteiger charge is 2.48. The lowest BCUT2D eigenvalue weighted by Crippen LogP contribution is -2.23. The van der Waals surface area contributed by atoms with Crippen molar-refractivity contribution in [3.8, 4) is 44.8 Å². The average Bonchev–Trinajstić information content (AvgIpc) is 1.59. The third-order valence-electron chi connectivity index (χ3n) is 19.2. The molecule has 14 aromatic carbocycles. The Morgan fingerprint density at radius 1 is 0.264 bits per heavy atom. The van der Waals surface area contributed by atoms with Crippen LogP contribution in [0, 0.1) is 0 Å². The molecule has 0 saturated heterocycles. The number of rotatable bonds is 8. The topological polar surface area (TPSA) is 9.86 Å². The lowest BCUT2D eigenvalue weighted by molar-refractivity contribution is 0.626. The van der Waals surface area contributed by atoms with E-state index in [4.69, 9.17) is 0 Å². The molecule has 16 aromatic rings. The second kappa shape index (κ2) is 19.5. The van der Waals surface area contributed by atoms with Crippen LogP contribution < -0.4 is 0 Å². The monoisotopic (exact) mass is 1100 g/mol. The summed E-state index contributed by atoms with van der Waals surface area (Å²) >= 11 is 0. The molecule has 406 valence electrons. The van der Waals surface area contributed by atoms with Gasteiger partial charge in [0.05, 0.1) is 22.1 Å². The van der Waals surface area contributed by atoms with Crippen LogP contribution in [0.1, 0.15) is 50.9 Å². The van der Waals surface area contributed by atoms with Gasteiger partial charge in [0.25, 0.3) is 0 Å². The third-order valence-corrected chi connectivity index (χ3v) is 19.2. The summed E-state index contributed by atoms with van der Waals surface area (Å²) in [5, 5.41) is 12.6. The second-order valence-corrected chi connectivity index (χ2v) is 24.0. The van der Waals surface area contributed by atoms with E-state index in [0.29, 0.717) is 0 Å². The highest BCUT2D eigenvalue weighted by atomic mass is 15.0. The number of benzene rings is 14. The molecular formula is C85H56N2. The Kier molecular flexibility index (Phi) is 11.1. The van der Waals surface area contributed by atoms with Crippen LogP contribution >= 0.6 is 0 Å². The lowest BCUT2D eigenvalue weighted by Gasteiger charge is -2.29. The van der Waals surface area contributed by atoms with E-state index in [0.717, 1.165) is 12.8 Å². The van der Waals surface area contributed by atoms with Crippen LogP contribution in [-0.4, -0.2) is 9.13 Å². The first-order valence-electron chi connectivity index (χ1n) is 30.5. The van der Waals surface area contributed by atoms with Gasteiger partial charge in [0.15, 0.2) is 0 Å². The van der Waals surface area contributed by atoms with Crippen molar-refractivity contribution in [2.75, 3.05) is 0 Å². The van der Waals surface area contributed by atoms with Crippen LogP contribution in [0.2, 0.25) is 0 Å². The highest BCUT2D eigenvalue weighted by Crippen LogP contribution is 2.59. The molecule has 2 heteroatoms. The highest BCUT2D eigenvalue weighted by molar-refractivity contribution is 6.12. The van der Waals surface area contributed by atoms with Gasteiger partial charge in [-0.25, -0.2) is 0 Å². The standard InChI is InChI=1S/C85H56N2/c1-3-14-64-50-70(39-35-59(64)11-1)86-81-19-9-7-17-74(81)76-52-67(37-43-83(76)86)61-31-25-55(26-32-61)21-23-57-29-41-72-73-42-30-58(48-80(73)85(79(72)47-57)46-45-69-49-63-13-5-6-16-66(63)54-78(69)85)24-22-56-27-33-62(34-28-56)68-38-44-84-77(53-68)75-18-8-10-20-82(75)87(84)71-40-36-60-12-2-4-15-65(60)51-71/h1-44,47-54H,45-46H2. The fourth-order valence-electron chi connectivity index (χ4n) is 15.0. The van der Waals surface area contributed by atoms with Crippen molar-refractivity contribution in [2.24, 2.45) is 0 Å². The summed E-state index contributed by atoms with van der Waals surface area (Å²) in [4.78, 5) is 0. The molecule has 0 atom stereocenters. The molecule has 0 saturated carbocycles. The van der Waals surface area contributed by atoms with E-state index in [2.05, 4.69) is 325 Å². The summed E-state index contributed by atoms with van der Waals surface area (Å²) in [5.74, 6) is 0. The summed E-state index contributed by atoms with van der Waals surface area (Å²) in [6.45, 7) is 0. The zero-order valence-electron chi connectivity index (χ0n) is 47.8. The molecule has 0 amide bonds. The fourth-order valence-corrected chi connectivity index (χ4v) is 15.0. The predicted octanol–water partition coefficient (Wildman–Crippen LogP) is 22.3. The molecule has 1 spiro atoms. The van der Waals surface area contributed by atoms with E-state index in [9.17, 15) is 0 Å². The van der Waals surface area contributed by atoms with Crippen molar-refractivity contribution in [1.82, 2.24) is 9.13 Å². The molecule has 0 aliphatic heterocycles. The van der Waals surface area contributed by atoms with Crippen LogP contribution in [0.25, 0.3) is 145 Å². The van der Waals surface area contributed by atoms with Crippen molar-refractivity contribution in [3.05, 3.63) is 336 Å². The van der Waals surface area contributed by atoms with Crippen LogP contribution in [0.5, 0.6) is 0 Å². The molecule has 0 fully saturated rings. The SMILES string of the molecule is C(=Cc1ccc2c(c1)C1(CCc3cc4ccccc4cc31)c1cc(C=Cc3ccc(-c4ccc5c(c4)c4ccccc4n5-c4ccc5ccccc5c4)cc3)ccc1-2)c1ccc(-c2ccc3c(c2)c2ccccc2n3-c2ccc3ccccc3c2)cc1. The molecule has 0 bridgehead atoms. The molecule has 0 unspecified atom stereocenters. The first kappa shape index (κ1) is 49.4. The fraction of sp³-hybridized carbons (Fsp3) is 0.0353. The van der Waals surface area contributed by atoms with Crippen LogP contribution in [0.15, 0.2) is 291 Å². The number of aryl methyl sites for hydroxylation is 1. The molecule has 2 aliphatic rings. The van der Waals surface area contributed by atoms with Crippen LogP contribution in [0.3, 0.4) is 0 Å². The minimum atomic E-state index is -0.257. The van der Waals surface area contributed by atoms with E-state index in [-0.39, 0.29) is 5.41 Å². The molecule has 87 heavy (non-hydrogen) atoms. The number of fused-ring (bicyclic) bond motifs is 16. The Morgan fingerprint density at radius 2 is 0.655 bits per heavy atom. The molecule has 0 N–H and O–H groups in total. The van der Waals surface area contributed by atoms with Gasteiger partial charge >= 0.3 is 0 Å². The Labute approximate surface area is 505 Å². The molecule has 2 aromatic heterocycles. The van der Waals surface area contributed by atoms with Gasteiger partial charge in [0, 0.05) is 38.3 Å². The number of hydrogen-bond donors (Lipinski definition) is 0. The predicted molar refractivity (Wildman–Crippen MR) is 369 cm³/mol. The number of para-hydroxylation sites is 2. The molecular weight excluding hydrogens is 1050 g/mol. The first-order chi connectivity index (χ1) is 43.0. The maximum atomic E-state index is 2.51. The van der Waals surface area contributed by atoms with Crippen molar-refractivity contribution in [1.29, 1.82) is 0 Å². The van der Waals surface area contributed by atoms with Crippen LogP contribution in [-0.2, 0) is 11.8 Å². The normalized spacial score (nSPS) is 14.5. The van der Waals surface area contributed by atoms with Gasteiger partial charge in [-0.1, -0.05) is 237 Å². The largest absolute Gasteiger partial charge is 0.309 e. The Hall–Kier alpha value is -11.1. The average molecular weight is 1110 g/mol. The minimum Gasteiger partial charge on any atom is -0.309 e. The van der Waals surface area contributed by atoms with E-state index in [1.54, 1.807) is 0 Å². The smallest absolute Gasteiger partial charge is 0.0541 e. The van der Waals surface area contributed by atoms with Crippen molar-refractivity contribution in [3.63, 3.8) is 0 Å². The third kappa shape index (κ3) is 7.95. The van der Waals surface area contributed by atoms with Gasteiger partial charge in [0.2, 0.25) is 0 Å². The van der Waals surface area contributed by atoms with E-state index >= 15 is 0 Å². The van der Waals surface area contributed by atoms with Gasteiger partial charge in [-0.05, 0) is 202 Å². The quantitative estimate of drug-likeness (QED) is 0.134. The summed E-state index contributed by atoms with van der Waals surface area (Å²) in [6, 6.07) is 109. The lowest BCUT2D eigenvalue weighted by atomic mass is 9.72. The molecule has 2 heterocycles. The molecule has 2 aliphatic carbocycles. The molecule has 0 radical (unpaired) electrons. The van der Waals surface area contributed by atoms with Gasteiger partial charge in [-0.3, -0.25) is 0 Å². The Morgan fingerprint density at radius 3 is 1.15 bits per heavy atom. The molecule has 2 nitrogen and oxygen atoms in total. The van der Waals surface area contributed by atoms with Crippen molar-refractivity contribution >= 4 is 100 Å². The Balaban J connectivity index is 0.640. The number of hydrogen-bond acceptors (Lipinski definition) is 0. The van der Waals surface area contributed by atoms with E-state index < -0.39 is 0 Å². The van der Waals surface area contributed by atoms with Crippen molar-refractivity contribution < 1.29 is 0 Å². The van der Waals surface area contributed by atoms with Crippen molar-refractivity contribution in [2.45, 2.75) is 18.3 Å². The zero-order chi connectivity index (χ0) is 57.2. The summed E-state index contributed by atoms with van der Waals surface area (Å²) in [6.07, 6.45) is 11.2. The summed E-state index contributed by atoms with van der Waals surface area (Å²) < 4.78 is 4.82. The minimum absolute atomic E-state index is 0.257. The van der Waals surface area contributed by atoms with E-state index in [1.165, 1.54) is 165 Å². The summed E-state index contributed by atoms with van der Waals surface area (Å²) in [7, 11) is 0. The maximum Gasteiger partial charge on any atom is 0.0541 e. The zero-order valence-corrected chi connectivity index (χ0v) is 47.8. The van der Waals surface area contributed by atoms with E-state index in [1.807, 2.05) is 0 Å².